The van der Waals surface area contributed by atoms with E-state index >= 15 is 0 Å². The molecular formula is C23H30N2O4S. The first-order valence-electron chi connectivity index (χ1n) is 10.4. The molecule has 3 rings (SSSR count). The van der Waals surface area contributed by atoms with Crippen LogP contribution in [0, 0.1) is 13.8 Å². The van der Waals surface area contributed by atoms with Gasteiger partial charge in [0.05, 0.1) is 4.90 Å². The number of carbonyl (C=O) groups excluding carboxylic acids is 1. The van der Waals surface area contributed by atoms with Crippen LogP contribution in [0.1, 0.15) is 50.2 Å². The van der Waals surface area contributed by atoms with Crippen LogP contribution in [-0.4, -0.2) is 26.5 Å². The van der Waals surface area contributed by atoms with Crippen LogP contribution in [0.4, 0.5) is 5.69 Å². The summed E-state index contributed by atoms with van der Waals surface area (Å²) in [5.74, 6) is 0.307. The molecule has 6 nitrogen and oxygen atoms in total. The van der Waals surface area contributed by atoms with Crippen LogP contribution in [0.25, 0.3) is 0 Å². The standard InChI is InChI=1S/C23H30N2O4S/c1-16-13-17(2)15-20(14-16)25-30(27,28)22-11-9-21(10-12-22)29-18(3)23(26)24-19-7-5-4-6-8-19/h9-15,18-19,25H,4-8H2,1-3H3,(H,24,26)/t18-/m0/s1. The Morgan fingerprint density at radius 1 is 1.00 bits per heavy atom. The van der Waals surface area contributed by atoms with E-state index in [2.05, 4.69) is 10.0 Å². The number of nitrogens with one attached hydrogen (secondary N) is 2. The number of carbonyl (C=O) groups is 1. The van der Waals surface area contributed by atoms with Crippen LogP contribution in [0.5, 0.6) is 5.75 Å². The molecule has 1 amide bonds. The van der Waals surface area contributed by atoms with E-state index in [0.29, 0.717) is 11.4 Å². The third-order valence-electron chi connectivity index (χ3n) is 5.24. The predicted octanol–water partition coefficient (Wildman–Crippen LogP) is 4.32. The third-order valence-corrected chi connectivity index (χ3v) is 6.64. The zero-order valence-electron chi connectivity index (χ0n) is 17.8. The molecule has 7 heteroatoms. The van der Waals surface area contributed by atoms with Crippen molar-refractivity contribution in [1.29, 1.82) is 0 Å². The number of hydrogen-bond acceptors (Lipinski definition) is 4. The zero-order valence-corrected chi connectivity index (χ0v) is 18.6. The largest absolute Gasteiger partial charge is 0.481 e. The lowest BCUT2D eigenvalue weighted by Crippen LogP contribution is -2.43. The Balaban J connectivity index is 1.61. The first-order chi connectivity index (χ1) is 14.2. The number of anilines is 1. The van der Waals surface area contributed by atoms with Crippen LogP contribution in [-0.2, 0) is 14.8 Å². The van der Waals surface area contributed by atoms with Crippen molar-refractivity contribution in [2.24, 2.45) is 0 Å². The van der Waals surface area contributed by atoms with Crippen LogP contribution in [0.15, 0.2) is 47.4 Å². The molecule has 1 atom stereocenters. The first kappa shape index (κ1) is 22.2. The van der Waals surface area contributed by atoms with Crippen molar-refractivity contribution < 1.29 is 17.9 Å². The lowest BCUT2D eigenvalue weighted by Gasteiger charge is -2.24. The quantitative estimate of drug-likeness (QED) is 0.685. The van der Waals surface area contributed by atoms with E-state index in [0.717, 1.165) is 36.8 Å². The topological polar surface area (TPSA) is 84.5 Å². The summed E-state index contributed by atoms with van der Waals surface area (Å²) in [6, 6.07) is 11.9. The highest BCUT2D eigenvalue weighted by Crippen LogP contribution is 2.22. The Morgan fingerprint density at radius 3 is 2.20 bits per heavy atom. The van der Waals surface area contributed by atoms with Gasteiger partial charge in [0.25, 0.3) is 15.9 Å². The number of benzene rings is 2. The summed E-state index contributed by atoms with van der Waals surface area (Å²) in [7, 11) is -3.71. The van der Waals surface area contributed by atoms with Crippen molar-refractivity contribution in [2.45, 2.75) is 69.9 Å². The van der Waals surface area contributed by atoms with Crippen LogP contribution in [0.3, 0.4) is 0 Å². The molecule has 0 spiro atoms. The first-order valence-corrected chi connectivity index (χ1v) is 11.9. The summed E-state index contributed by atoms with van der Waals surface area (Å²) in [6.45, 7) is 5.54. The molecule has 2 aromatic carbocycles. The van der Waals surface area contributed by atoms with Crippen LogP contribution in [0.2, 0.25) is 0 Å². The van der Waals surface area contributed by atoms with E-state index in [9.17, 15) is 13.2 Å². The van der Waals surface area contributed by atoms with Gasteiger partial charge in [0.15, 0.2) is 6.10 Å². The van der Waals surface area contributed by atoms with E-state index in [-0.39, 0.29) is 16.8 Å². The summed E-state index contributed by atoms with van der Waals surface area (Å²) in [5.41, 5.74) is 2.50. The number of amides is 1. The Morgan fingerprint density at radius 2 is 1.60 bits per heavy atom. The van der Waals surface area contributed by atoms with Crippen molar-refractivity contribution in [2.75, 3.05) is 4.72 Å². The van der Waals surface area contributed by atoms with Gasteiger partial charge in [-0.1, -0.05) is 25.3 Å². The Hall–Kier alpha value is -2.54. The Bertz CT molecular complexity index is 961. The van der Waals surface area contributed by atoms with E-state index < -0.39 is 16.1 Å². The average Bonchev–Trinajstić information content (AvgIpc) is 2.68. The molecule has 30 heavy (non-hydrogen) atoms. The second-order valence-electron chi connectivity index (χ2n) is 8.06. The average molecular weight is 431 g/mol. The van der Waals surface area contributed by atoms with Gasteiger partial charge in [-0.05, 0) is 81.1 Å². The molecule has 0 saturated heterocycles. The highest BCUT2D eigenvalue weighted by atomic mass is 32.2. The van der Waals surface area contributed by atoms with Gasteiger partial charge in [-0.2, -0.15) is 0 Å². The molecule has 0 radical (unpaired) electrons. The molecule has 0 unspecified atom stereocenters. The molecule has 0 aliphatic heterocycles. The smallest absolute Gasteiger partial charge is 0.261 e. The number of ether oxygens (including phenoxy) is 1. The van der Waals surface area contributed by atoms with Crippen LogP contribution < -0.4 is 14.8 Å². The molecule has 162 valence electrons. The van der Waals surface area contributed by atoms with Gasteiger partial charge in [-0.3, -0.25) is 9.52 Å². The fourth-order valence-corrected chi connectivity index (χ4v) is 4.81. The molecule has 0 heterocycles. The van der Waals surface area contributed by atoms with Gasteiger partial charge in [-0.25, -0.2) is 8.42 Å². The second-order valence-corrected chi connectivity index (χ2v) is 9.74. The monoisotopic (exact) mass is 430 g/mol. The maximum Gasteiger partial charge on any atom is 0.261 e. The summed E-state index contributed by atoms with van der Waals surface area (Å²) < 4.78 is 33.7. The maximum absolute atomic E-state index is 12.7. The highest BCUT2D eigenvalue weighted by Gasteiger charge is 2.21. The minimum absolute atomic E-state index is 0.133. The highest BCUT2D eigenvalue weighted by molar-refractivity contribution is 7.92. The number of rotatable bonds is 7. The lowest BCUT2D eigenvalue weighted by atomic mass is 9.95. The summed E-state index contributed by atoms with van der Waals surface area (Å²) in [4.78, 5) is 12.5. The van der Waals surface area contributed by atoms with Gasteiger partial charge in [0.1, 0.15) is 5.75 Å². The number of aryl methyl sites for hydroxylation is 2. The van der Waals surface area contributed by atoms with Crippen molar-refractivity contribution in [1.82, 2.24) is 5.32 Å². The summed E-state index contributed by atoms with van der Waals surface area (Å²) >= 11 is 0. The van der Waals surface area contributed by atoms with Crippen molar-refractivity contribution in [3.63, 3.8) is 0 Å². The minimum Gasteiger partial charge on any atom is -0.481 e. The van der Waals surface area contributed by atoms with E-state index in [1.165, 1.54) is 18.6 Å². The minimum atomic E-state index is -3.71. The Kier molecular flexibility index (Phi) is 7.02. The van der Waals surface area contributed by atoms with Crippen molar-refractivity contribution in [3.8, 4) is 5.75 Å². The van der Waals surface area contributed by atoms with Crippen molar-refractivity contribution >= 4 is 21.6 Å². The molecule has 1 saturated carbocycles. The van der Waals surface area contributed by atoms with Gasteiger partial charge in [0, 0.05) is 11.7 Å². The van der Waals surface area contributed by atoms with E-state index in [1.807, 2.05) is 19.9 Å². The maximum atomic E-state index is 12.7. The SMILES string of the molecule is Cc1cc(C)cc(NS(=O)(=O)c2ccc(O[C@@H](C)C(=O)NC3CCCCC3)cc2)c1. The summed E-state index contributed by atoms with van der Waals surface area (Å²) in [6.07, 6.45) is 4.89. The van der Waals surface area contributed by atoms with Gasteiger partial charge < -0.3 is 10.1 Å². The van der Waals surface area contributed by atoms with Gasteiger partial charge in [-0.15, -0.1) is 0 Å². The van der Waals surface area contributed by atoms with Gasteiger partial charge in [0.2, 0.25) is 0 Å². The molecule has 1 aliphatic carbocycles. The molecule has 1 fully saturated rings. The molecule has 2 N–H and O–H groups in total. The van der Waals surface area contributed by atoms with Crippen LogP contribution >= 0.6 is 0 Å². The normalized spacial score (nSPS) is 16.0. The number of hydrogen-bond donors (Lipinski definition) is 2. The van der Waals surface area contributed by atoms with E-state index in [1.54, 1.807) is 31.2 Å². The van der Waals surface area contributed by atoms with Gasteiger partial charge >= 0.3 is 0 Å². The fraction of sp³-hybridized carbons (Fsp3) is 0.435. The molecule has 0 aromatic heterocycles. The zero-order chi connectivity index (χ0) is 21.7. The Labute approximate surface area is 179 Å². The fourth-order valence-electron chi connectivity index (χ4n) is 3.77. The van der Waals surface area contributed by atoms with E-state index in [4.69, 9.17) is 4.74 Å². The third kappa shape index (κ3) is 5.98. The molecule has 0 bridgehead atoms. The molecule has 1 aliphatic rings. The molecule has 2 aromatic rings. The lowest BCUT2D eigenvalue weighted by molar-refractivity contribution is -0.128. The predicted molar refractivity (Wildman–Crippen MR) is 118 cm³/mol. The number of sulfonamides is 1. The van der Waals surface area contributed by atoms with Crippen molar-refractivity contribution in [3.05, 3.63) is 53.6 Å². The second kappa shape index (κ2) is 9.51. The molecular weight excluding hydrogens is 400 g/mol. The summed E-state index contributed by atoms with van der Waals surface area (Å²) in [5, 5.41) is 3.04.